The average molecular weight is 552 g/mol. The number of ether oxygens (including phenoxy) is 2. The van der Waals surface area contributed by atoms with E-state index in [2.05, 4.69) is 25.6 Å². The van der Waals surface area contributed by atoms with Crippen molar-refractivity contribution < 1.29 is 23.5 Å². The Morgan fingerprint density at radius 1 is 1.02 bits per heavy atom. The summed E-state index contributed by atoms with van der Waals surface area (Å²) < 4.78 is 25.9. The van der Waals surface area contributed by atoms with Gasteiger partial charge in [0.1, 0.15) is 34.7 Å². The van der Waals surface area contributed by atoms with Crippen molar-refractivity contribution in [2.24, 2.45) is 5.92 Å². The van der Waals surface area contributed by atoms with Gasteiger partial charge in [-0.05, 0) is 90.7 Å². The number of benzene rings is 1. The highest BCUT2D eigenvalue weighted by atomic mass is 19.1. The number of nitrogens with zero attached hydrogens (tertiary/aromatic N) is 2. The lowest BCUT2D eigenvalue weighted by molar-refractivity contribution is 0.0488. The molecule has 2 amide bonds. The van der Waals surface area contributed by atoms with Gasteiger partial charge < -0.3 is 25.1 Å². The van der Waals surface area contributed by atoms with E-state index >= 15 is 0 Å². The zero-order chi connectivity index (χ0) is 28.6. The van der Waals surface area contributed by atoms with E-state index in [1.807, 2.05) is 27.7 Å². The molecule has 0 atom stereocenters. The molecular formula is C30H38FN5O4. The van der Waals surface area contributed by atoms with Crippen LogP contribution in [0.2, 0.25) is 0 Å². The summed E-state index contributed by atoms with van der Waals surface area (Å²) in [4.78, 5) is 37.8. The van der Waals surface area contributed by atoms with Crippen LogP contribution >= 0.6 is 0 Å². The number of rotatable bonds is 7. The molecule has 214 valence electrons. The molecule has 10 heteroatoms. The Balaban J connectivity index is 1.32. The van der Waals surface area contributed by atoms with Crippen LogP contribution in [0, 0.1) is 25.6 Å². The molecule has 0 spiro atoms. The van der Waals surface area contributed by atoms with E-state index in [0.29, 0.717) is 57.4 Å². The first-order valence-electron chi connectivity index (χ1n) is 14.1. The highest BCUT2D eigenvalue weighted by Crippen LogP contribution is 2.38. The Morgan fingerprint density at radius 3 is 2.35 bits per heavy atom. The highest BCUT2D eigenvalue weighted by Gasteiger charge is 2.29. The fourth-order valence-electron chi connectivity index (χ4n) is 5.18. The number of carbonyl (C=O) groups is 2. The third-order valence-corrected chi connectivity index (χ3v) is 7.47. The summed E-state index contributed by atoms with van der Waals surface area (Å²) >= 11 is 0. The molecule has 3 N–H and O–H groups in total. The Morgan fingerprint density at radius 2 is 1.70 bits per heavy atom. The fraction of sp³-hybridized carbons (Fsp3) is 0.533. The molecule has 0 radical (unpaired) electrons. The van der Waals surface area contributed by atoms with Gasteiger partial charge in [0.2, 0.25) is 0 Å². The minimum atomic E-state index is -0.545. The summed E-state index contributed by atoms with van der Waals surface area (Å²) in [5, 5.41) is 6.09. The number of amides is 2. The SMILES string of the molecule is Cc1cc(-c2ncnc3c(C(=O)NC4CCC(NC(=O)OC(C)(C)C)CC4)c(C)[nH]c23)c(OCC2CC2)cc1F. The summed E-state index contributed by atoms with van der Waals surface area (Å²) in [6.07, 6.45) is 6.23. The van der Waals surface area contributed by atoms with Crippen LogP contribution in [-0.2, 0) is 4.74 Å². The number of aromatic nitrogens is 3. The molecule has 0 unspecified atom stereocenters. The lowest BCUT2D eigenvalue weighted by atomic mass is 9.91. The number of hydrogen-bond donors (Lipinski definition) is 3. The quantitative estimate of drug-likeness (QED) is 0.345. The van der Waals surface area contributed by atoms with Crippen LogP contribution in [0.25, 0.3) is 22.3 Å². The van der Waals surface area contributed by atoms with E-state index in [4.69, 9.17) is 9.47 Å². The van der Waals surface area contributed by atoms with Crippen molar-refractivity contribution in [3.63, 3.8) is 0 Å². The van der Waals surface area contributed by atoms with Crippen molar-refractivity contribution in [3.05, 3.63) is 41.1 Å². The number of alkyl carbamates (subject to hydrolysis) is 1. The lowest BCUT2D eigenvalue weighted by Crippen LogP contribution is -2.45. The molecule has 2 fully saturated rings. The Bertz CT molecular complexity index is 1420. The predicted molar refractivity (Wildman–Crippen MR) is 150 cm³/mol. The van der Waals surface area contributed by atoms with Gasteiger partial charge in [-0.15, -0.1) is 0 Å². The second kappa shape index (κ2) is 11.1. The van der Waals surface area contributed by atoms with Gasteiger partial charge in [0.25, 0.3) is 5.91 Å². The van der Waals surface area contributed by atoms with E-state index in [-0.39, 0.29) is 23.8 Å². The van der Waals surface area contributed by atoms with Crippen molar-refractivity contribution in [3.8, 4) is 17.0 Å². The Kier molecular flexibility index (Phi) is 7.70. The summed E-state index contributed by atoms with van der Waals surface area (Å²) in [5.74, 6) is 0.398. The van der Waals surface area contributed by atoms with Crippen LogP contribution in [0.5, 0.6) is 5.75 Å². The number of aromatic amines is 1. The minimum absolute atomic E-state index is 0.0166. The molecule has 2 aliphatic rings. The molecule has 0 aliphatic heterocycles. The second-order valence-corrected chi connectivity index (χ2v) is 12.1. The zero-order valence-corrected chi connectivity index (χ0v) is 23.8. The van der Waals surface area contributed by atoms with Crippen LogP contribution in [-0.4, -0.2) is 51.2 Å². The normalized spacial score (nSPS) is 19.4. The fourth-order valence-corrected chi connectivity index (χ4v) is 5.18. The topological polar surface area (TPSA) is 118 Å². The number of halogens is 1. The number of aryl methyl sites for hydroxylation is 2. The molecule has 0 bridgehead atoms. The van der Waals surface area contributed by atoms with Crippen molar-refractivity contribution >= 4 is 23.0 Å². The highest BCUT2D eigenvalue weighted by molar-refractivity contribution is 6.09. The van der Waals surface area contributed by atoms with Gasteiger partial charge in [-0.2, -0.15) is 0 Å². The molecule has 2 saturated carbocycles. The van der Waals surface area contributed by atoms with Crippen molar-refractivity contribution in [1.29, 1.82) is 0 Å². The average Bonchev–Trinajstić information content (AvgIpc) is 3.64. The number of H-pyrrole nitrogens is 1. The van der Waals surface area contributed by atoms with E-state index in [9.17, 15) is 14.0 Å². The van der Waals surface area contributed by atoms with Gasteiger partial charge in [0.05, 0.1) is 17.7 Å². The lowest BCUT2D eigenvalue weighted by Gasteiger charge is -2.30. The molecule has 2 aromatic heterocycles. The van der Waals surface area contributed by atoms with Crippen LogP contribution < -0.4 is 15.4 Å². The van der Waals surface area contributed by atoms with E-state index in [1.54, 1.807) is 13.0 Å². The standard InChI is InChI=1S/C30H38FN5O4/c1-16-12-21(23(13-22(16)31)39-14-18-6-7-18)25-27-26(33-15-32-25)24(17(2)34-27)28(37)35-19-8-10-20(11-9-19)36-29(38)40-30(3,4)5/h12-13,15,18-20,34H,6-11,14H2,1-5H3,(H,35,37)(H,36,38). The Hall–Kier alpha value is -3.69. The van der Waals surface area contributed by atoms with Crippen LogP contribution in [0.4, 0.5) is 9.18 Å². The van der Waals surface area contributed by atoms with Gasteiger partial charge in [-0.3, -0.25) is 4.79 Å². The molecule has 1 aromatic carbocycles. The van der Waals surface area contributed by atoms with Crippen molar-refractivity contribution in [2.45, 2.75) is 90.8 Å². The molecule has 9 nitrogen and oxygen atoms in total. The third-order valence-electron chi connectivity index (χ3n) is 7.47. The first-order valence-corrected chi connectivity index (χ1v) is 14.1. The summed E-state index contributed by atoms with van der Waals surface area (Å²) in [7, 11) is 0. The number of carbonyl (C=O) groups excluding carboxylic acids is 2. The number of nitrogens with one attached hydrogen (secondary N) is 3. The van der Waals surface area contributed by atoms with E-state index in [0.717, 1.165) is 38.5 Å². The van der Waals surface area contributed by atoms with E-state index < -0.39 is 11.7 Å². The summed E-state index contributed by atoms with van der Waals surface area (Å²) in [6, 6.07) is 3.15. The minimum Gasteiger partial charge on any atom is -0.492 e. The first kappa shape index (κ1) is 27.9. The van der Waals surface area contributed by atoms with Gasteiger partial charge in [0, 0.05) is 29.4 Å². The molecule has 2 aliphatic carbocycles. The van der Waals surface area contributed by atoms with Gasteiger partial charge >= 0.3 is 6.09 Å². The van der Waals surface area contributed by atoms with E-state index in [1.165, 1.54) is 12.4 Å². The zero-order valence-electron chi connectivity index (χ0n) is 23.8. The molecule has 40 heavy (non-hydrogen) atoms. The second-order valence-electron chi connectivity index (χ2n) is 12.1. The maximum absolute atomic E-state index is 14.5. The third kappa shape index (κ3) is 6.37. The maximum Gasteiger partial charge on any atom is 0.407 e. The summed E-state index contributed by atoms with van der Waals surface area (Å²) in [6.45, 7) is 9.59. The smallest absolute Gasteiger partial charge is 0.407 e. The van der Waals surface area contributed by atoms with Gasteiger partial charge in [0.15, 0.2) is 0 Å². The summed E-state index contributed by atoms with van der Waals surface area (Å²) in [5.41, 5.74) is 3.43. The monoisotopic (exact) mass is 551 g/mol. The number of fused-ring (bicyclic) bond motifs is 1. The van der Waals surface area contributed by atoms with Crippen LogP contribution in [0.15, 0.2) is 18.5 Å². The first-order chi connectivity index (χ1) is 19.0. The number of hydrogen-bond acceptors (Lipinski definition) is 6. The molecular weight excluding hydrogens is 513 g/mol. The molecule has 5 rings (SSSR count). The predicted octanol–water partition coefficient (Wildman–Crippen LogP) is 5.74. The Labute approximate surface area is 233 Å². The van der Waals surface area contributed by atoms with Gasteiger partial charge in [-0.1, -0.05) is 0 Å². The van der Waals surface area contributed by atoms with Crippen LogP contribution in [0.1, 0.15) is 80.9 Å². The van der Waals surface area contributed by atoms with Crippen LogP contribution in [0.3, 0.4) is 0 Å². The maximum atomic E-state index is 14.5. The molecule has 0 saturated heterocycles. The van der Waals surface area contributed by atoms with Crippen molar-refractivity contribution in [2.75, 3.05) is 6.61 Å². The molecule has 2 heterocycles. The van der Waals surface area contributed by atoms with Gasteiger partial charge in [-0.25, -0.2) is 19.2 Å². The molecule has 3 aromatic rings. The van der Waals surface area contributed by atoms with Crippen molar-refractivity contribution in [1.82, 2.24) is 25.6 Å². The largest absolute Gasteiger partial charge is 0.492 e.